The molecule has 0 aliphatic heterocycles. The summed E-state index contributed by atoms with van der Waals surface area (Å²) in [6.45, 7) is 0.241. The lowest BCUT2D eigenvalue weighted by molar-refractivity contribution is -0.145. The zero-order valence-electron chi connectivity index (χ0n) is 15.1. The number of amides is 1. The van der Waals surface area contributed by atoms with Crippen molar-refractivity contribution in [3.8, 4) is 0 Å². The number of carbonyl (C=O) groups excluding carboxylic acids is 2. The Labute approximate surface area is 161 Å². The molecule has 1 N–H and O–H groups in total. The van der Waals surface area contributed by atoms with Crippen LogP contribution in [0.1, 0.15) is 5.56 Å². The molecule has 0 radical (unpaired) electrons. The molecule has 0 aliphatic carbocycles. The number of benzene rings is 2. The average molecular weight is 412 g/mol. The number of hydrogen-bond acceptors (Lipinski definition) is 5. The van der Waals surface area contributed by atoms with Crippen LogP contribution in [0, 0.1) is 18.6 Å². The van der Waals surface area contributed by atoms with E-state index in [9.17, 15) is 26.8 Å². The summed E-state index contributed by atoms with van der Waals surface area (Å²) >= 11 is 0. The van der Waals surface area contributed by atoms with Crippen molar-refractivity contribution in [3.63, 3.8) is 0 Å². The van der Waals surface area contributed by atoms with Gasteiger partial charge in [0.05, 0.1) is 17.6 Å². The van der Waals surface area contributed by atoms with Gasteiger partial charge in [0.25, 0.3) is 5.91 Å². The number of anilines is 2. The third kappa shape index (κ3) is 5.74. The van der Waals surface area contributed by atoms with E-state index in [2.05, 4.69) is 5.32 Å². The Hall–Kier alpha value is -3.01. The number of esters is 1. The minimum Gasteiger partial charge on any atom is -0.454 e. The third-order valence-electron chi connectivity index (χ3n) is 3.62. The standard InChI is InChI=1S/C18H18F2N2O5S/c1-12-5-3-4-6-16(12)22(28(2,25)26)10-18(24)27-11-17(23)21-15-9-13(19)7-8-14(15)20/h3-9H,10-11H2,1-2H3,(H,21,23). The van der Waals surface area contributed by atoms with Gasteiger partial charge in [0.15, 0.2) is 6.61 Å². The van der Waals surface area contributed by atoms with Gasteiger partial charge < -0.3 is 10.1 Å². The summed E-state index contributed by atoms with van der Waals surface area (Å²) in [4.78, 5) is 23.8. The van der Waals surface area contributed by atoms with Crippen LogP contribution >= 0.6 is 0 Å². The molecule has 0 saturated carbocycles. The van der Waals surface area contributed by atoms with Crippen molar-refractivity contribution < 1.29 is 31.5 Å². The molecule has 0 saturated heterocycles. The molecule has 2 aromatic rings. The summed E-state index contributed by atoms with van der Waals surface area (Å²) < 4.78 is 56.3. The van der Waals surface area contributed by atoms with Crippen LogP contribution in [0.15, 0.2) is 42.5 Å². The van der Waals surface area contributed by atoms with Gasteiger partial charge in [-0.15, -0.1) is 0 Å². The largest absolute Gasteiger partial charge is 0.454 e. The lowest BCUT2D eigenvalue weighted by Gasteiger charge is -2.23. The Bertz CT molecular complexity index is 995. The van der Waals surface area contributed by atoms with Gasteiger partial charge in [-0.3, -0.25) is 13.9 Å². The van der Waals surface area contributed by atoms with Gasteiger partial charge in [0.2, 0.25) is 10.0 Å². The van der Waals surface area contributed by atoms with Crippen molar-refractivity contribution in [1.82, 2.24) is 0 Å². The van der Waals surface area contributed by atoms with E-state index in [1.54, 1.807) is 25.1 Å². The number of sulfonamides is 1. The highest BCUT2D eigenvalue weighted by Crippen LogP contribution is 2.22. The molecule has 2 rings (SSSR count). The minimum atomic E-state index is -3.79. The first-order chi connectivity index (χ1) is 13.1. The summed E-state index contributed by atoms with van der Waals surface area (Å²) in [5, 5.41) is 2.07. The number of ether oxygens (including phenoxy) is 1. The molecule has 1 amide bonds. The fourth-order valence-electron chi connectivity index (χ4n) is 2.31. The molecule has 10 heteroatoms. The lowest BCUT2D eigenvalue weighted by atomic mass is 10.2. The summed E-state index contributed by atoms with van der Waals surface area (Å²) in [5.41, 5.74) is 0.520. The highest BCUT2D eigenvalue weighted by molar-refractivity contribution is 7.92. The van der Waals surface area contributed by atoms with Gasteiger partial charge in [-0.1, -0.05) is 18.2 Å². The van der Waals surface area contributed by atoms with Gasteiger partial charge in [-0.2, -0.15) is 0 Å². The van der Waals surface area contributed by atoms with Crippen LogP contribution in [0.3, 0.4) is 0 Å². The molecule has 7 nitrogen and oxygen atoms in total. The summed E-state index contributed by atoms with van der Waals surface area (Å²) in [6, 6.07) is 9.04. The number of rotatable bonds is 7. The molecule has 150 valence electrons. The smallest absolute Gasteiger partial charge is 0.327 e. The van der Waals surface area contributed by atoms with Crippen LogP contribution in [0.2, 0.25) is 0 Å². The number of hydrogen-bond donors (Lipinski definition) is 1. The molecular formula is C18H18F2N2O5S. The van der Waals surface area contributed by atoms with E-state index in [1.807, 2.05) is 0 Å². The maximum absolute atomic E-state index is 13.5. The van der Waals surface area contributed by atoms with Crippen LogP contribution in [-0.4, -0.2) is 39.7 Å². The van der Waals surface area contributed by atoms with E-state index in [-0.39, 0.29) is 0 Å². The normalized spacial score (nSPS) is 11.0. The first-order valence-corrected chi connectivity index (χ1v) is 9.86. The van der Waals surface area contributed by atoms with E-state index in [1.165, 1.54) is 6.07 Å². The predicted octanol–water partition coefficient (Wildman–Crippen LogP) is 2.22. The second-order valence-corrected chi connectivity index (χ2v) is 7.80. The quantitative estimate of drug-likeness (QED) is 0.704. The van der Waals surface area contributed by atoms with Crippen molar-refractivity contribution in [2.24, 2.45) is 0 Å². The van der Waals surface area contributed by atoms with Gasteiger partial charge in [0.1, 0.15) is 18.2 Å². The molecule has 0 fully saturated rings. The molecule has 28 heavy (non-hydrogen) atoms. The second-order valence-electron chi connectivity index (χ2n) is 5.89. The van der Waals surface area contributed by atoms with E-state index >= 15 is 0 Å². The molecular weight excluding hydrogens is 394 g/mol. The average Bonchev–Trinajstić information content (AvgIpc) is 2.61. The van der Waals surface area contributed by atoms with Gasteiger partial charge in [-0.05, 0) is 30.7 Å². The molecule has 2 aromatic carbocycles. The van der Waals surface area contributed by atoms with Crippen LogP contribution in [0.4, 0.5) is 20.2 Å². The fourth-order valence-corrected chi connectivity index (χ4v) is 3.21. The zero-order chi connectivity index (χ0) is 20.9. The zero-order valence-corrected chi connectivity index (χ0v) is 15.9. The first-order valence-electron chi connectivity index (χ1n) is 8.02. The summed E-state index contributed by atoms with van der Waals surface area (Å²) in [5.74, 6) is -3.50. The maximum atomic E-state index is 13.5. The van der Waals surface area contributed by atoms with Crippen molar-refractivity contribution in [2.75, 3.05) is 29.0 Å². The Morgan fingerprint density at radius 2 is 1.82 bits per heavy atom. The monoisotopic (exact) mass is 412 g/mol. The Kier molecular flexibility index (Phi) is 6.68. The van der Waals surface area contributed by atoms with Gasteiger partial charge >= 0.3 is 5.97 Å². The van der Waals surface area contributed by atoms with Crippen LogP contribution in [0.25, 0.3) is 0 Å². The number of nitrogens with zero attached hydrogens (tertiary/aromatic N) is 1. The van der Waals surface area contributed by atoms with Gasteiger partial charge in [-0.25, -0.2) is 17.2 Å². The van der Waals surface area contributed by atoms with E-state index in [4.69, 9.17) is 4.74 Å². The second kappa shape index (κ2) is 8.79. The highest BCUT2D eigenvalue weighted by atomic mass is 32.2. The number of aryl methyl sites for hydroxylation is 1. The number of carbonyl (C=O) groups is 2. The molecule has 0 unspecified atom stereocenters. The molecule has 0 atom stereocenters. The van der Waals surface area contributed by atoms with Crippen molar-refractivity contribution in [1.29, 1.82) is 0 Å². The van der Waals surface area contributed by atoms with Crippen LogP contribution < -0.4 is 9.62 Å². The summed E-state index contributed by atoms with van der Waals surface area (Å²) in [7, 11) is -3.79. The van der Waals surface area contributed by atoms with Gasteiger partial charge in [0, 0.05) is 6.07 Å². The lowest BCUT2D eigenvalue weighted by Crippen LogP contribution is -2.37. The summed E-state index contributed by atoms with van der Waals surface area (Å²) in [6.07, 6.45) is 0.937. The number of halogens is 2. The van der Waals surface area contributed by atoms with Crippen molar-refractivity contribution in [3.05, 3.63) is 59.7 Å². The van der Waals surface area contributed by atoms with Crippen molar-refractivity contribution >= 4 is 33.3 Å². The Morgan fingerprint density at radius 1 is 1.14 bits per heavy atom. The molecule has 0 bridgehead atoms. The molecule has 0 heterocycles. The maximum Gasteiger partial charge on any atom is 0.327 e. The van der Waals surface area contributed by atoms with E-state index < -0.39 is 52.4 Å². The third-order valence-corrected chi connectivity index (χ3v) is 4.75. The van der Waals surface area contributed by atoms with Crippen LogP contribution in [0.5, 0.6) is 0 Å². The molecule has 0 aliphatic rings. The van der Waals surface area contributed by atoms with Crippen LogP contribution in [-0.2, 0) is 24.3 Å². The SMILES string of the molecule is Cc1ccccc1N(CC(=O)OCC(=O)Nc1cc(F)ccc1F)S(C)(=O)=O. The van der Waals surface area contributed by atoms with Crippen molar-refractivity contribution in [2.45, 2.75) is 6.92 Å². The molecule has 0 aromatic heterocycles. The minimum absolute atomic E-state index is 0.299. The first kappa shape index (κ1) is 21.3. The topological polar surface area (TPSA) is 92.8 Å². The Morgan fingerprint density at radius 3 is 2.46 bits per heavy atom. The Balaban J connectivity index is 2.00. The predicted molar refractivity (Wildman–Crippen MR) is 99.3 cm³/mol. The number of para-hydroxylation sites is 1. The van der Waals surface area contributed by atoms with E-state index in [0.717, 1.165) is 28.8 Å². The van der Waals surface area contributed by atoms with E-state index in [0.29, 0.717) is 11.3 Å². The molecule has 0 spiro atoms. The number of nitrogens with one attached hydrogen (secondary N) is 1. The fraction of sp³-hybridized carbons (Fsp3) is 0.222. The highest BCUT2D eigenvalue weighted by Gasteiger charge is 2.23.